The molecule has 1 aliphatic heterocycles. The van der Waals surface area contributed by atoms with Crippen molar-refractivity contribution < 1.29 is 14.3 Å². The van der Waals surface area contributed by atoms with E-state index in [9.17, 15) is 9.59 Å². The van der Waals surface area contributed by atoms with Crippen molar-refractivity contribution in [1.82, 2.24) is 14.7 Å². The van der Waals surface area contributed by atoms with Gasteiger partial charge in [0.05, 0.1) is 19.6 Å². The molecule has 0 aliphatic carbocycles. The number of fused-ring (bicyclic) bond motifs is 2. The minimum Gasteiger partial charge on any atom is -0.493 e. The number of methoxy groups -OCH3 is 2. The number of rotatable bonds is 5. The monoisotopic (exact) mass is 421 g/mol. The Morgan fingerprint density at radius 3 is 2.35 bits per heavy atom. The molecule has 0 saturated heterocycles. The zero-order valence-corrected chi connectivity index (χ0v) is 18.3. The van der Waals surface area contributed by atoms with Crippen LogP contribution in [0.25, 0.3) is 10.8 Å². The first-order chi connectivity index (χ1) is 14.9. The zero-order chi connectivity index (χ0) is 22.1. The van der Waals surface area contributed by atoms with Crippen LogP contribution in [0.4, 0.5) is 0 Å². The maximum Gasteiger partial charge on any atom is 0.275 e. The van der Waals surface area contributed by atoms with E-state index in [1.165, 1.54) is 4.68 Å². The van der Waals surface area contributed by atoms with Crippen LogP contribution in [0.1, 0.15) is 35.5 Å². The van der Waals surface area contributed by atoms with Gasteiger partial charge in [-0.3, -0.25) is 9.59 Å². The summed E-state index contributed by atoms with van der Waals surface area (Å²) in [6.45, 7) is 5.53. The number of nitrogens with zero attached hydrogens (tertiary/aromatic N) is 3. The minimum absolute atomic E-state index is 0.165. The van der Waals surface area contributed by atoms with Crippen molar-refractivity contribution in [1.29, 1.82) is 0 Å². The molecule has 2 aromatic carbocycles. The molecule has 0 radical (unpaired) electrons. The molecule has 0 fully saturated rings. The summed E-state index contributed by atoms with van der Waals surface area (Å²) in [4.78, 5) is 28.2. The molecule has 2 heterocycles. The first kappa shape index (κ1) is 20.9. The van der Waals surface area contributed by atoms with Gasteiger partial charge in [0.25, 0.3) is 11.5 Å². The first-order valence-corrected chi connectivity index (χ1v) is 10.5. The summed E-state index contributed by atoms with van der Waals surface area (Å²) < 4.78 is 12.3. The largest absolute Gasteiger partial charge is 0.493 e. The zero-order valence-electron chi connectivity index (χ0n) is 18.3. The number of carbonyl (C=O) groups is 1. The molecule has 1 aromatic heterocycles. The molecule has 7 nitrogen and oxygen atoms in total. The quantitative estimate of drug-likeness (QED) is 0.632. The molecule has 162 valence electrons. The van der Waals surface area contributed by atoms with Crippen LogP contribution in [-0.2, 0) is 19.5 Å². The predicted molar refractivity (Wildman–Crippen MR) is 119 cm³/mol. The summed E-state index contributed by atoms with van der Waals surface area (Å²) in [7, 11) is 3.22. The van der Waals surface area contributed by atoms with Gasteiger partial charge in [0, 0.05) is 25.0 Å². The highest BCUT2D eigenvalue weighted by atomic mass is 16.5. The van der Waals surface area contributed by atoms with Crippen molar-refractivity contribution in [2.24, 2.45) is 5.92 Å². The Morgan fingerprint density at radius 2 is 1.71 bits per heavy atom. The first-order valence-electron chi connectivity index (χ1n) is 10.5. The van der Waals surface area contributed by atoms with Gasteiger partial charge in [0.2, 0.25) is 0 Å². The van der Waals surface area contributed by atoms with Crippen molar-refractivity contribution in [3.63, 3.8) is 0 Å². The van der Waals surface area contributed by atoms with E-state index >= 15 is 0 Å². The van der Waals surface area contributed by atoms with Gasteiger partial charge in [-0.25, -0.2) is 4.68 Å². The van der Waals surface area contributed by atoms with Gasteiger partial charge in [0.1, 0.15) is 0 Å². The third-order valence-electron chi connectivity index (χ3n) is 5.61. The third-order valence-corrected chi connectivity index (χ3v) is 5.61. The van der Waals surface area contributed by atoms with Crippen LogP contribution < -0.4 is 15.0 Å². The Labute approximate surface area is 181 Å². The number of ether oxygens (including phenoxy) is 2. The van der Waals surface area contributed by atoms with E-state index in [1.807, 2.05) is 38.1 Å². The highest BCUT2D eigenvalue weighted by Gasteiger charge is 2.27. The molecule has 3 aromatic rings. The number of amides is 1. The summed E-state index contributed by atoms with van der Waals surface area (Å²) in [5.41, 5.74) is 2.32. The molecule has 0 atom stereocenters. The van der Waals surface area contributed by atoms with Crippen LogP contribution in [0.5, 0.6) is 11.5 Å². The fourth-order valence-electron chi connectivity index (χ4n) is 4.07. The summed E-state index contributed by atoms with van der Waals surface area (Å²) in [5, 5.41) is 5.61. The maximum absolute atomic E-state index is 13.5. The number of carbonyl (C=O) groups excluding carboxylic acids is 1. The van der Waals surface area contributed by atoms with E-state index in [1.54, 1.807) is 31.3 Å². The van der Waals surface area contributed by atoms with Crippen molar-refractivity contribution in [2.75, 3.05) is 20.8 Å². The Balaban J connectivity index is 1.74. The molecule has 7 heteroatoms. The minimum atomic E-state index is -0.172. The molecule has 0 saturated carbocycles. The standard InChI is InChI=1S/C24H27N3O4/c1-15(2)13-27-23(28)19-8-6-5-7-18(19)22(25-27)24(29)26-10-9-16-11-20(30-3)21(31-4)12-17(16)14-26/h5-8,11-12,15H,9-10,13-14H2,1-4H3. The lowest BCUT2D eigenvalue weighted by atomic mass is 9.98. The van der Waals surface area contributed by atoms with Gasteiger partial charge in [-0.2, -0.15) is 5.10 Å². The topological polar surface area (TPSA) is 73.7 Å². The van der Waals surface area contributed by atoms with E-state index < -0.39 is 0 Å². The Bertz CT molecular complexity index is 1200. The average Bonchev–Trinajstić information content (AvgIpc) is 2.78. The Kier molecular flexibility index (Phi) is 5.67. The smallest absolute Gasteiger partial charge is 0.275 e. The maximum atomic E-state index is 13.5. The summed E-state index contributed by atoms with van der Waals surface area (Å²) in [6, 6.07) is 11.1. The van der Waals surface area contributed by atoms with Crippen molar-refractivity contribution in [3.8, 4) is 11.5 Å². The van der Waals surface area contributed by atoms with Crippen LogP contribution >= 0.6 is 0 Å². The second-order valence-electron chi connectivity index (χ2n) is 8.23. The number of aromatic nitrogens is 2. The summed E-state index contributed by atoms with van der Waals surface area (Å²) >= 11 is 0. The Hall–Kier alpha value is -3.35. The lowest BCUT2D eigenvalue weighted by Gasteiger charge is -2.29. The van der Waals surface area contributed by atoms with Crippen LogP contribution in [0, 0.1) is 5.92 Å². The molecule has 4 rings (SSSR count). The van der Waals surface area contributed by atoms with Gasteiger partial charge < -0.3 is 14.4 Å². The molecule has 1 amide bonds. The second kappa shape index (κ2) is 8.41. The molecule has 1 aliphatic rings. The van der Waals surface area contributed by atoms with E-state index in [0.29, 0.717) is 54.0 Å². The average molecular weight is 421 g/mol. The fraction of sp³-hybridized carbons (Fsp3) is 0.375. The molecule has 0 spiro atoms. The van der Waals surface area contributed by atoms with Gasteiger partial charge in [0.15, 0.2) is 17.2 Å². The number of hydrogen-bond donors (Lipinski definition) is 0. The molecule has 31 heavy (non-hydrogen) atoms. The molecular formula is C24H27N3O4. The predicted octanol–water partition coefficient (Wildman–Crippen LogP) is 3.27. The molecule has 0 unspecified atom stereocenters. The van der Waals surface area contributed by atoms with Gasteiger partial charge in [-0.05, 0) is 41.7 Å². The second-order valence-corrected chi connectivity index (χ2v) is 8.23. The fourth-order valence-corrected chi connectivity index (χ4v) is 4.07. The van der Waals surface area contributed by atoms with Crippen LogP contribution in [0.3, 0.4) is 0 Å². The highest BCUT2D eigenvalue weighted by molar-refractivity contribution is 6.04. The van der Waals surface area contributed by atoms with Crippen LogP contribution in [0.15, 0.2) is 41.2 Å². The van der Waals surface area contributed by atoms with Crippen LogP contribution in [0.2, 0.25) is 0 Å². The van der Waals surface area contributed by atoms with E-state index in [-0.39, 0.29) is 17.4 Å². The van der Waals surface area contributed by atoms with Gasteiger partial charge in [-0.1, -0.05) is 32.0 Å². The normalized spacial score (nSPS) is 13.4. The van der Waals surface area contributed by atoms with E-state index in [4.69, 9.17) is 9.47 Å². The van der Waals surface area contributed by atoms with Crippen molar-refractivity contribution in [3.05, 3.63) is 63.6 Å². The van der Waals surface area contributed by atoms with Crippen molar-refractivity contribution >= 4 is 16.7 Å². The third kappa shape index (κ3) is 3.87. The van der Waals surface area contributed by atoms with Gasteiger partial charge >= 0.3 is 0 Å². The Morgan fingerprint density at radius 1 is 1.06 bits per heavy atom. The lowest BCUT2D eigenvalue weighted by Crippen LogP contribution is -2.38. The number of benzene rings is 2. The SMILES string of the molecule is COc1cc2c(cc1OC)CN(C(=O)c1nn(CC(C)C)c(=O)c3ccccc13)CC2. The summed E-state index contributed by atoms with van der Waals surface area (Å²) in [5.74, 6) is 1.40. The van der Waals surface area contributed by atoms with E-state index in [2.05, 4.69) is 5.10 Å². The molecular weight excluding hydrogens is 394 g/mol. The highest BCUT2D eigenvalue weighted by Crippen LogP contribution is 2.33. The lowest BCUT2D eigenvalue weighted by molar-refractivity contribution is 0.0727. The molecule has 0 N–H and O–H groups in total. The number of hydrogen-bond acceptors (Lipinski definition) is 5. The summed E-state index contributed by atoms with van der Waals surface area (Å²) in [6.07, 6.45) is 0.713. The van der Waals surface area contributed by atoms with Gasteiger partial charge in [-0.15, -0.1) is 0 Å². The molecule has 0 bridgehead atoms. The van der Waals surface area contributed by atoms with Crippen molar-refractivity contribution in [2.45, 2.75) is 33.4 Å². The van der Waals surface area contributed by atoms with E-state index in [0.717, 1.165) is 11.1 Å². The van der Waals surface area contributed by atoms with Crippen LogP contribution in [-0.4, -0.2) is 41.4 Å².